The molecule has 2 amide bonds. The van der Waals surface area contributed by atoms with E-state index in [1.807, 2.05) is 0 Å². The van der Waals surface area contributed by atoms with Crippen molar-refractivity contribution in [3.63, 3.8) is 0 Å². The van der Waals surface area contributed by atoms with Crippen molar-refractivity contribution in [1.29, 1.82) is 0 Å². The number of hydrogen-bond acceptors (Lipinski definition) is 3. The molecule has 0 radical (unpaired) electrons. The number of primary amides is 1. The second-order valence-electron chi connectivity index (χ2n) is 6.35. The van der Waals surface area contributed by atoms with Crippen molar-refractivity contribution >= 4 is 17.8 Å². The summed E-state index contributed by atoms with van der Waals surface area (Å²) in [5.41, 5.74) is 3.45. The molecule has 0 heterocycles. The lowest BCUT2D eigenvalue weighted by Gasteiger charge is -2.32. The number of nitrogens with two attached hydrogens (primary N) is 1. The Labute approximate surface area is 119 Å². The van der Waals surface area contributed by atoms with Gasteiger partial charge in [0.15, 0.2) is 0 Å². The smallest absolute Gasteiger partial charge is 0.310 e. The van der Waals surface area contributed by atoms with E-state index >= 15 is 0 Å². The summed E-state index contributed by atoms with van der Waals surface area (Å²) in [7, 11) is 0. The Balaban J connectivity index is 2.60. The van der Waals surface area contributed by atoms with Gasteiger partial charge in [-0.15, -0.1) is 0 Å². The number of carbonyl (C=O) groups excluding carboxylic acids is 2. The molecule has 0 bridgehead atoms. The first-order valence-electron chi connectivity index (χ1n) is 7.00. The summed E-state index contributed by atoms with van der Waals surface area (Å²) in [6.07, 6.45) is 3.74. The van der Waals surface area contributed by atoms with E-state index in [1.54, 1.807) is 13.8 Å². The molecule has 1 saturated carbocycles. The summed E-state index contributed by atoms with van der Waals surface area (Å²) in [6.45, 7) is 3.41. The fourth-order valence-electron chi connectivity index (χ4n) is 2.47. The molecule has 20 heavy (non-hydrogen) atoms. The summed E-state index contributed by atoms with van der Waals surface area (Å²) in [4.78, 5) is 34.6. The first-order chi connectivity index (χ1) is 9.19. The van der Waals surface area contributed by atoms with Crippen LogP contribution in [0.2, 0.25) is 0 Å². The topological polar surface area (TPSA) is 109 Å². The molecule has 0 aromatic carbocycles. The van der Waals surface area contributed by atoms with E-state index in [0.29, 0.717) is 12.8 Å². The maximum atomic E-state index is 12.0. The minimum Gasteiger partial charge on any atom is -0.481 e. The summed E-state index contributed by atoms with van der Waals surface area (Å²) >= 11 is 0. The Kier molecular flexibility index (Phi) is 5.14. The van der Waals surface area contributed by atoms with Crippen LogP contribution in [-0.2, 0) is 14.4 Å². The van der Waals surface area contributed by atoms with E-state index in [4.69, 9.17) is 5.73 Å². The summed E-state index contributed by atoms with van der Waals surface area (Å²) in [5.74, 6) is -1.73. The number of nitrogens with one attached hydrogen (secondary N) is 1. The van der Waals surface area contributed by atoms with E-state index in [2.05, 4.69) is 5.32 Å². The molecule has 0 aromatic heterocycles. The zero-order valence-corrected chi connectivity index (χ0v) is 12.2. The average Bonchev–Trinajstić information content (AvgIpc) is 2.37. The molecule has 0 aliphatic heterocycles. The van der Waals surface area contributed by atoms with Gasteiger partial charge in [0.05, 0.1) is 10.8 Å². The first kappa shape index (κ1) is 16.5. The summed E-state index contributed by atoms with van der Waals surface area (Å²) in [6, 6.07) is 0. The molecular weight excluding hydrogens is 260 g/mol. The Morgan fingerprint density at radius 3 is 2.20 bits per heavy atom. The van der Waals surface area contributed by atoms with Crippen LogP contribution in [-0.4, -0.2) is 29.4 Å². The van der Waals surface area contributed by atoms with Gasteiger partial charge in [-0.05, 0) is 26.7 Å². The number of rotatable bonds is 6. The maximum Gasteiger partial charge on any atom is 0.310 e. The fraction of sp³-hybridized carbons (Fsp3) is 0.786. The molecule has 4 N–H and O–H groups in total. The van der Waals surface area contributed by atoms with Crippen LogP contribution in [0, 0.1) is 10.8 Å². The summed E-state index contributed by atoms with van der Waals surface area (Å²) < 4.78 is 0. The van der Waals surface area contributed by atoms with Crippen LogP contribution in [0.3, 0.4) is 0 Å². The number of aliphatic carboxylic acids is 1. The molecule has 0 atom stereocenters. The summed E-state index contributed by atoms with van der Waals surface area (Å²) in [5, 5.41) is 12.0. The molecule has 0 aromatic rings. The quantitative estimate of drug-likeness (QED) is 0.677. The van der Waals surface area contributed by atoms with Crippen LogP contribution < -0.4 is 11.1 Å². The van der Waals surface area contributed by atoms with Crippen molar-refractivity contribution < 1.29 is 19.5 Å². The number of carbonyl (C=O) groups is 3. The van der Waals surface area contributed by atoms with Gasteiger partial charge >= 0.3 is 5.97 Å². The third kappa shape index (κ3) is 3.95. The third-order valence-electron chi connectivity index (χ3n) is 4.16. The van der Waals surface area contributed by atoms with Crippen molar-refractivity contribution in [3.05, 3.63) is 0 Å². The molecule has 0 unspecified atom stereocenters. The standard InChI is InChI=1S/C14H24N2O4/c1-13(2,11(15)18)9-16-10(17)8-14(12(19)20)6-4-3-5-7-14/h3-9H2,1-2H3,(H2,15,18)(H,16,17)(H,19,20). The minimum atomic E-state index is -0.945. The van der Waals surface area contributed by atoms with Crippen LogP contribution in [0.25, 0.3) is 0 Å². The number of amides is 2. The highest BCUT2D eigenvalue weighted by Crippen LogP contribution is 2.39. The van der Waals surface area contributed by atoms with Gasteiger partial charge in [-0.3, -0.25) is 14.4 Å². The molecule has 114 valence electrons. The van der Waals surface area contributed by atoms with Gasteiger partial charge in [-0.2, -0.15) is 0 Å². The van der Waals surface area contributed by atoms with Crippen molar-refractivity contribution in [1.82, 2.24) is 5.32 Å². The van der Waals surface area contributed by atoms with Crippen molar-refractivity contribution in [3.8, 4) is 0 Å². The predicted molar refractivity (Wildman–Crippen MR) is 73.8 cm³/mol. The highest BCUT2D eigenvalue weighted by Gasteiger charge is 2.41. The van der Waals surface area contributed by atoms with Gasteiger partial charge < -0.3 is 16.2 Å². The third-order valence-corrected chi connectivity index (χ3v) is 4.16. The Hall–Kier alpha value is -1.59. The molecule has 1 fully saturated rings. The predicted octanol–water partition coefficient (Wildman–Crippen LogP) is 1.04. The van der Waals surface area contributed by atoms with E-state index in [-0.39, 0.29) is 18.9 Å². The Morgan fingerprint density at radius 2 is 1.75 bits per heavy atom. The van der Waals surface area contributed by atoms with E-state index in [9.17, 15) is 19.5 Å². The van der Waals surface area contributed by atoms with Gasteiger partial charge in [-0.1, -0.05) is 19.3 Å². The molecule has 1 rings (SSSR count). The van der Waals surface area contributed by atoms with Crippen molar-refractivity contribution in [2.75, 3.05) is 6.54 Å². The van der Waals surface area contributed by atoms with Gasteiger partial charge in [0.1, 0.15) is 0 Å². The Bertz CT molecular complexity index is 398. The van der Waals surface area contributed by atoms with E-state index in [1.165, 1.54) is 0 Å². The van der Waals surface area contributed by atoms with E-state index < -0.39 is 22.7 Å². The minimum absolute atomic E-state index is 0.0306. The highest BCUT2D eigenvalue weighted by molar-refractivity contribution is 5.86. The zero-order valence-electron chi connectivity index (χ0n) is 12.2. The number of hydrogen-bond donors (Lipinski definition) is 3. The lowest BCUT2D eigenvalue weighted by molar-refractivity contribution is -0.154. The molecule has 6 heteroatoms. The monoisotopic (exact) mass is 284 g/mol. The molecule has 1 aliphatic rings. The van der Waals surface area contributed by atoms with Crippen LogP contribution in [0.15, 0.2) is 0 Å². The maximum absolute atomic E-state index is 12.0. The largest absolute Gasteiger partial charge is 0.481 e. The van der Waals surface area contributed by atoms with Crippen molar-refractivity contribution in [2.45, 2.75) is 52.4 Å². The molecule has 1 aliphatic carbocycles. The first-order valence-corrected chi connectivity index (χ1v) is 7.00. The lowest BCUT2D eigenvalue weighted by Crippen LogP contribution is -2.45. The second-order valence-corrected chi connectivity index (χ2v) is 6.35. The van der Waals surface area contributed by atoms with Gasteiger partial charge in [0.25, 0.3) is 0 Å². The molecule has 0 spiro atoms. The number of carboxylic acid groups (broad SMARTS) is 1. The van der Waals surface area contributed by atoms with E-state index in [0.717, 1.165) is 19.3 Å². The van der Waals surface area contributed by atoms with Crippen molar-refractivity contribution in [2.24, 2.45) is 16.6 Å². The fourth-order valence-corrected chi connectivity index (χ4v) is 2.47. The molecule has 0 saturated heterocycles. The van der Waals surface area contributed by atoms with Gasteiger partial charge in [0.2, 0.25) is 11.8 Å². The second kappa shape index (κ2) is 6.24. The van der Waals surface area contributed by atoms with Crippen LogP contribution >= 0.6 is 0 Å². The number of carboxylic acids is 1. The molecule has 6 nitrogen and oxygen atoms in total. The average molecular weight is 284 g/mol. The van der Waals surface area contributed by atoms with Crippen LogP contribution in [0.4, 0.5) is 0 Å². The van der Waals surface area contributed by atoms with Gasteiger partial charge in [-0.25, -0.2) is 0 Å². The lowest BCUT2D eigenvalue weighted by atomic mass is 9.71. The zero-order chi connectivity index (χ0) is 15.4. The van der Waals surface area contributed by atoms with Crippen LogP contribution in [0.5, 0.6) is 0 Å². The normalized spacial score (nSPS) is 18.3. The van der Waals surface area contributed by atoms with Gasteiger partial charge in [0, 0.05) is 13.0 Å². The highest BCUT2D eigenvalue weighted by atomic mass is 16.4. The Morgan fingerprint density at radius 1 is 1.20 bits per heavy atom. The van der Waals surface area contributed by atoms with Crippen LogP contribution in [0.1, 0.15) is 52.4 Å². The SMILES string of the molecule is CC(C)(CNC(=O)CC1(C(=O)O)CCCCC1)C(N)=O. The molecular formula is C14H24N2O4.